The first kappa shape index (κ1) is 22.7. The Kier molecular flexibility index (Phi) is 6.81. The molecule has 0 radical (unpaired) electrons. The van der Waals surface area contributed by atoms with Gasteiger partial charge in [0.2, 0.25) is 17.8 Å². The van der Waals surface area contributed by atoms with Gasteiger partial charge in [0, 0.05) is 31.9 Å². The molecular weight excluding hydrogens is 452 g/mol. The van der Waals surface area contributed by atoms with Gasteiger partial charge in [0.25, 0.3) is 5.95 Å². The summed E-state index contributed by atoms with van der Waals surface area (Å²) in [5.41, 5.74) is 5.36. The van der Waals surface area contributed by atoms with Crippen LogP contribution in [0.4, 0.5) is 29.5 Å². The smallest absolute Gasteiger partial charge is 0.263 e. The van der Waals surface area contributed by atoms with E-state index in [2.05, 4.69) is 45.8 Å². The third-order valence-corrected chi connectivity index (χ3v) is 5.66. The number of nitrogens with zero attached hydrogens (tertiary/aromatic N) is 9. The number of nitrogens with one attached hydrogen (secondary N) is 2. The molecule has 14 nitrogen and oxygen atoms in total. The van der Waals surface area contributed by atoms with Crippen LogP contribution in [0.15, 0.2) is 35.7 Å². The van der Waals surface area contributed by atoms with Crippen LogP contribution >= 0.6 is 0 Å². The molecule has 1 aromatic carbocycles. The highest BCUT2D eigenvalue weighted by molar-refractivity contribution is 5.99. The summed E-state index contributed by atoms with van der Waals surface area (Å²) in [4.78, 5) is 18.4. The predicted octanol–water partition coefficient (Wildman–Crippen LogP) is 0.430. The molecule has 4 heterocycles. The average Bonchev–Trinajstić information content (AvgIpc) is 3.33. The third-order valence-electron chi connectivity index (χ3n) is 5.66. The van der Waals surface area contributed by atoms with E-state index in [1.165, 1.54) is 11.0 Å². The van der Waals surface area contributed by atoms with E-state index < -0.39 is 0 Å². The van der Waals surface area contributed by atoms with Gasteiger partial charge in [-0.1, -0.05) is 12.1 Å². The van der Waals surface area contributed by atoms with Gasteiger partial charge in [-0.05, 0) is 24.6 Å². The van der Waals surface area contributed by atoms with E-state index in [1.807, 2.05) is 31.2 Å². The Morgan fingerprint density at radius 3 is 2.06 bits per heavy atom. The number of ether oxygens (including phenoxy) is 2. The summed E-state index contributed by atoms with van der Waals surface area (Å²) in [6.07, 6.45) is 1.39. The molecule has 184 valence electrons. The first-order valence-corrected chi connectivity index (χ1v) is 11.4. The molecular formula is C21H28N12O2. The van der Waals surface area contributed by atoms with Crippen LogP contribution in [-0.4, -0.2) is 88.1 Å². The van der Waals surface area contributed by atoms with Crippen molar-refractivity contribution in [3.8, 4) is 0 Å². The summed E-state index contributed by atoms with van der Waals surface area (Å²) in [5, 5.41) is 15.2. The molecule has 35 heavy (non-hydrogen) atoms. The van der Waals surface area contributed by atoms with Gasteiger partial charge in [-0.15, -0.1) is 10.2 Å². The molecule has 0 saturated carbocycles. The zero-order chi connectivity index (χ0) is 24.0. The lowest BCUT2D eigenvalue weighted by molar-refractivity contribution is 0.121. The fourth-order valence-electron chi connectivity index (χ4n) is 3.66. The summed E-state index contributed by atoms with van der Waals surface area (Å²) >= 11 is 0. The van der Waals surface area contributed by atoms with Crippen molar-refractivity contribution in [2.45, 2.75) is 6.92 Å². The van der Waals surface area contributed by atoms with E-state index >= 15 is 0 Å². The molecule has 0 aliphatic carbocycles. The molecule has 0 unspecified atom stereocenters. The zero-order valence-electron chi connectivity index (χ0n) is 19.5. The molecule has 2 fully saturated rings. The quantitative estimate of drug-likeness (QED) is 0.244. The van der Waals surface area contributed by atoms with Crippen LogP contribution < -0.4 is 26.4 Å². The minimum absolute atomic E-state index is 0.351. The summed E-state index contributed by atoms with van der Waals surface area (Å²) in [7, 11) is 0. The SMILES string of the molecule is C/C(=N\Nc1nncn1N)c1ccc(Nc2nc(N3CCOCC3)nc(N3CCOCC3)n2)cc1. The summed E-state index contributed by atoms with van der Waals surface area (Å²) in [6.45, 7) is 7.49. The number of benzene rings is 1. The molecule has 2 aromatic heterocycles. The van der Waals surface area contributed by atoms with Gasteiger partial charge in [-0.25, -0.2) is 10.1 Å². The highest BCUT2D eigenvalue weighted by Gasteiger charge is 2.20. The topological polar surface area (TPSA) is 157 Å². The Morgan fingerprint density at radius 1 is 0.914 bits per heavy atom. The number of hydrogen-bond donors (Lipinski definition) is 3. The molecule has 2 saturated heterocycles. The number of nitrogen functional groups attached to an aromatic ring is 1. The van der Waals surface area contributed by atoms with E-state index in [9.17, 15) is 0 Å². The Labute approximate surface area is 202 Å². The van der Waals surface area contributed by atoms with Crippen molar-refractivity contribution in [3.05, 3.63) is 36.2 Å². The van der Waals surface area contributed by atoms with Crippen molar-refractivity contribution >= 4 is 35.2 Å². The zero-order valence-corrected chi connectivity index (χ0v) is 19.5. The summed E-state index contributed by atoms with van der Waals surface area (Å²) in [6, 6.07) is 7.82. The second-order valence-electron chi connectivity index (χ2n) is 8.03. The molecule has 2 aliphatic rings. The fourth-order valence-corrected chi connectivity index (χ4v) is 3.66. The van der Waals surface area contributed by atoms with Crippen LogP contribution in [-0.2, 0) is 9.47 Å². The van der Waals surface area contributed by atoms with Crippen molar-refractivity contribution < 1.29 is 9.47 Å². The van der Waals surface area contributed by atoms with Crippen LogP contribution in [0.25, 0.3) is 0 Å². The van der Waals surface area contributed by atoms with Gasteiger partial charge < -0.3 is 30.4 Å². The van der Waals surface area contributed by atoms with Crippen LogP contribution in [0.5, 0.6) is 0 Å². The van der Waals surface area contributed by atoms with Crippen LogP contribution in [0.2, 0.25) is 0 Å². The number of rotatable bonds is 7. The monoisotopic (exact) mass is 480 g/mol. The number of morpholine rings is 2. The van der Waals surface area contributed by atoms with Crippen molar-refractivity contribution in [2.24, 2.45) is 5.10 Å². The molecule has 14 heteroatoms. The van der Waals surface area contributed by atoms with Crippen molar-refractivity contribution in [2.75, 3.05) is 79.0 Å². The molecule has 0 atom stereocenters. The fraction of sp³-hybridized carbons (Fsp3) is 0.429. The van der Waals surface area contributed by atoms with Gasteiger partial charge in [-0.3, -0.25) is 0 Å². The number of nitrogens with two attached hydrogens (primary N) is 1. The number of hydrazone groups is 1. The Bertz CT molecular complexity index is 1120. The molecule has 3 aromatic rings. The van der Waals surface area contributed by atoms with Gasteiger partial charge >= 0.3 is 0 Å². The molecule has 4 N–H and O–H groups in total. The third kappa shape index (κ3) is 5.55. The lowest BCUT2D eigenvalue weighted by Gasteiger charge is -2.30. The van der Waals surface area contributed by atoms with Gasteiger partial charge in [0.1, 0.15) is 6.33 Å². The molecule has 5 rings (SSSR count). The Morgan fingerprint density at radius 2 is 1.51 bits per heavy atom. The summed E-state index contributed by atoms with van der Waals surface area (Å²) in [5.74, 6) is 7.82. The van der Waals surface area contributed by atoms with Crippen molar-refractivity contribution in [3.63, 3.8) is 0 Å². The van der Waals surface area contributed by atoms with E-state index in [1.54, 1.807) is 0 Å². The molecule has 0 amide bonds. The van der Waals surface area contributed by atoms with E-state index in [-0.39, 0.29) is 0 Å². The minimum atomic E-state index is 0.351. The highest BCUT2D eigenvalue weighted by atomic mass is 16.5. The lowest BCUT2D eigenvalue weighted by atomic mass is 10.1. The highest BCUT2D eigenvalue weighted by Crippen LogP contribution is 2.21. The van der Waals surface area contributed by atoms with Crippen LogP contribution in [0, 0.1) is 0 Å². The standard InChI is InChI=1S/C21H28N12O2/c1-15(28-30-21-29-23-14-33(21)22)16-2-4-17(5-3-16)24-18-25-19(31-6-10-34-11-7-31)27-20(26-18)32-8-12-35-13-9-32/h2-5,14H,6-13,22H2,1H3,(H,29,30)(H,24,25,26,27)/b28-15+. The maximum absolute atomic E-state index is 5.69. The van der Waals surface area contributed by atoms with E-state index in [4.69, 9.17) is 20.3 Å². The summed E-state index contributed by atoms with van der Waals surface area (Å²) < 4.78 is 12.2. The molecule has 2 aliphatic heterocycles. The predicted molar refractivity (Wildman–Crippen MR) is 132 cm³/mol. The largest absolute Gasteiger partial charge is 0.378 e. The number of anilines is 5. The van der Waals surface area contributed by atoms with Gasteiger partial charge in [0.05, 0.1) is 32.1 Å². The maximum Gasteiger partial charge on any atom is 0.263 e. The first-order chi connectivity index (χ1) is 17.2. The lowest BCUT2D eigenvalue weighted by Crippen LogP contribution is -2.40. The Balaban J connectivity index is 1.33. The van der Waals surface area contributed by atoms with E-state index in [0.717, 1.165) is 43.1 Å². The molecule has 0 bridgehead atoms. The average molecular weight is 481 g/mol. The number of hydrogen-bond acceptors (Lipinski definition) is 13. The van der Waals surface area contributed by atoms with Crippen LogP contribution in [0.3, 0.4) is 0 Å². The normalized spacial score (nSPS) is 16.9. The second-order valence-corrected chi connectivity index (χ2v) is 8.03. The first-order valence-electron chi connectivity index (χ1n) is 11.4. The Hall–Kier alpha value is -4.04. The molecule has 0 spiro atoms. The van der Waals surface area contributed by atoms with Crippen molar-refractivity contribution in [1.29, 1.82) is 0 Å². The van der Waals surface area contributed by atoms with Gasteiger partial charge in [0.15, 0.2) is 0 Å². The maximum atomic E-state index is 5.69. The number of aromatic nitrogens is 6. The van der Waals surface area contributed by atoms with Crippen LogP contribution in [0.1, 0.15) is 12.5 Å². The van der Waals surface area contributed by atoms with E-state index in [0.29, 0.717) is 50.2 Å². The second kappa shape index (κ2) is 10.5. The minimum Gasteiger partial charge on any atom is -0.378 e. The van der Waals surface area contributed by atoms with Crippen molar-refractivity contribution in [1.82, 2.24) is 29.8 Å². The van der Waals surface area contributed by atoms with Gasteiger partial charge in [-0.2, -0.15) is 20.1 Å².